The Kier molecular flexibility index (Phi) is 9.91. The SMILES string of the molecule is N[C@@H](CC(=O)O)C(=O)NC1(C(=O)[O-])CCCCCCC1.[K+]. The number of carboxylic acids is 2. The van der Waals surface area contributed by atoms with Gasteiger partial charge in [0.05, 0.1) is 24.0 Å². The monoisotopic (exact) mass is 324 g/mol. The van der Waals surface area contributed by atoms with Crippen molar-refractivity contribution in [3.8, 4) is 0 Å². The fraction of sp³-hybridized carbons (Fsp3) is 0.769. The second-order valence-corrected chi connectivity index (χ2v) is 5.33. The zero-order valence-electron chi connectivity index (χ0n) is 12.4. The van der Waals surface area contributed by atoms with Gasteiger partial charge in [0.25, 0.3) is 0 Å². The van der Waals surface area contributed by atoms with Gasteiger partial charge in [-0.05, 0) is 12.8 Å². The Morgan fingerprint density at radius 3 is 2.05 bits per heavy atom. The number of carbonyl (C=O) groups excluding carboxylic acids is 2. The van der Waals surface area contributed by atoms with Crippen LogP contribution in [0.4, 0.5) is 0 Å². The summed E-state index contributed by atoms with van der Waals surface area (Å²) in [7, 11) is 0. The van der Waals surface area contributed by atoms with Crippen LogP contribution < -0.4 is 67.5 Å². The molecule has 8 heteroatoms. The van der Waals surface area contributed by atoms with E-state index < -0.39 is 35.8 Å². The summed E-state index contributed by atoms with van der Waals surface area (Å²) in [5.41, 5.74) is 4.04. The average Bonchev–Trinajstić information content (AvgIpc) is 2.31. The van der Waals surface area contributed by atoms with Gasteiger partial charge in [-0.3, -0.25) is 9.59 Å². The average molecular weight is 324 g/mol. The van der Waals surface area contributed by atoms with E-state index in [1.807, 2.05) is 0 Å². The molecule has 7 nitrogen and oxygen atoms in total. The van der Waals surface area contributed by atoms with Crippen LogP contribution in [-0.4, -0.2) is 34.5 Å². The first-order chi connectivity index (χ1) is 9.37. The van der Waals surface area contributed by atoms with Crippen molar-refractivity contribution in [2.24, 2.45) is 5.73 Å². The van der Waals surface area contributed by atoms with Crippen LogP contribution in [-0.2, 0) is 14.4 Å². The summed E-state index contributed by atoms with van der Waals surface area (Å²) in [6, 6.07) is -1.26. The Labute approximate surface area is 166 Å². The van der Waals surface area contributed by atoms with E-state index in [1.54, 1.807) is 0 Å². The molecule has 21 heavy (non-hydrogen) atoms. The summed E-state index contributed by atoms with van der Waals surface area (Å²) in [4.78, 5) is 33.8. The molecule has 0 unspecified atom stereocenters. The van der Waals surface area contributed by atoms with Gasteiger partial charge in [-0.2, -0.15) is 0 Å². The van der Waals surface area contributed by atoms with Gasteiger partial charge in [0, 0.05) is 0 Å². The van der Waals surface area contributed by atoms with Gasteiger partial charge in [-0.25, -0.2) is 0 Å². The zero-order valence-corrected chi connectivity index (χ0v) is 15.5. The van der Waals surface area contributed by atoms with Crippen molar-refractivity contribution in [2.45, 2.75) is 62.9 Å². The molecule has 4 N–H and O–H groups in total. The third-order valence-electron chi connectivity index (χ3n) is 3.69. The molecule has 1 atom stereocenters. The summed E-state index contributed by atoms with van der Waals surface area (Å²) in [5.74, 6) is -3.28. The number of carbonyl (C=O) groups is 3. The second-order valence-electron chi connectivity index (χ2n) is 5.33. The Balaban J connectivity index is 0.00000400. The maximum absolute atomic E-state index is 11.9. The van der Waals surface area contributed by atoms with Crippen molar-refractivity contribution in [1.29, 1.82) is 0 Å². The zero-order chi connectivity index (χ0) is 15.2. The van der Waals surface area contributed by atoms with Crippen LogP contribution >= 0.6 is 0 Å². The first-order valence-corrected chi connectivity index (χ1v) is 6.88. The second kappa shape index (κ2) is 9.91. The molecule has 0 aliphatic heterocycles. The van der Waals surface area contributed by atoms with Crippen LogP contribution in [0.25, 0.3) is 0 Å². The molecule has 0 bridgehead atoms. The van der Waals surface area contributed by atoms with Crippen molar-refractivity contribution in [2.75, 3.05) is 0 Å². The number of carboxylic acid groups (broad SMARTS) is 2. The summed E-state index contributed by atoms with van der Waals surface area (Å²) in [6.45, 7) is 0. The molecule has 0 saturated heterocycles. The van der Waals surface area contributed by atoms with E-state index in [4.69, 9.17) is 10.8 Å². The summed E-state index contributed by atoms with van der Waals surface area (Å²) in [6.07, 6.45) is 4.29. The molecular weight excluding hydrogens is 303 g/mol. The molecule has 1 amide bonds. The molecule has 0 aromatic heterocycles. The topological polar surface area (TPSA) is 133 Å². The van der Waals surface area contributed by atoms with Gasteiger partial charge in [-0.1, -0.05) is 32.1 Å². The fourth-order valence-corrected chi connectivity index (χ4v) is 2.50. The third kappa shape index (κ3) is 6.75. The van der Waals surface area contributed by atoms with Crippen LogP contribution in [0.3, 0.4) is 0 Å². The predicted molar refractivity (Wildman–Crippen MR) is 68.4 cm³/mol. The van der Waals surface area contributed by atoms with Gasteiger partial charge >= 0.3 is 57.4 Å². The number of hydrogen-bond donors (Lipinski definition) is 3. The van der Waals surface area contributed by atoms with Crippen LogP contribution in [0, 0.1) is 0 Å². The van der Waals surface area contributed by atoms with E-state index in [0.717, 1.165) is 19.3 Å². The molecule has 1 fully saturated rings. The van der Waals surface area contributed by atoms with Gasteiger partial charge in [0.15, 0.2) is 0 Å². The van der Waals surface area contributed by atoms with E-state index in [0.29, 0.717) is 25.7 Å². The van der Waals surface area contributed by atoms with E-state index in [9.17, 15) is 19.5 Å². The smallest absolute Gasteiger partial charge is 0.548 e. The first kappa shape index (κ1) is 21.0. The number of rotatable bonds is 5. The van der Waals surface area contributed by atoms with Crippen LogP contribution in [0.15, 0.2) is 0 Å². The molecule has 1 rings (SSSR count). The molecule has 0 spiro atoms. The van der Waals surface area contributed by atoms with Crippen molar-refractivity contribution in [1.82, 2.24) is 5.32 Å². The molecule has 0 radical (unpaired) electrons. The number of hydrogen-bond acceptors (Lipinski definition) is 5. The molecule has 114 valence electrons. The third-order valence-corrected chi connectivity index (χ3v) is 3.69. The minimum Gasteiger partial charge on any atom is -0.548 e. The maximum atomic E-state index is 11.9. The van der Waals surface area contributed by atoms with Crippen molar-refractivity contribution in [3.05, 3.63) is 0 Å². The largest absolute Gasteiger partial charge is 1.00 e. The van der Waals surface area contributed by atoms with Crippen molar-refractivity contribution >= 4 is 17.8 Å². The Bertz CT molecular complexity index is 381. The number of amides is 1. The normalized spacial score (nSPS) is 19.3. The Hall–Kier alpha value is 0.00636. The minimum atomic E-state index is -1.42. The van der Waals surface area contributed by atoms with Crippen LogP contribution in [0.1, 0.15) is 51.4 Å². The van der Waals surface area contributed by atoms with Gasteiger partial charge in [-0.15, -0.1) is 0 Å². The fourth-order valence-electron chi connectivity index (χ4n) is 2.50. The Morgan fingerprint density at radius 1 is 1.14 bits per heavy atom. The number of nitrogens with two attached hydrogens (primary N) is 1. The standard InChI is InChI=1S/C13H22N2O5.K/c14-9(8-10(16)17)11(18)15-13(12(19)20)6-4-2-1-3-5-7-13;/h9H,1-8,14H2,(H,15,18)(H,16,17)(H,19,20);/q;+1/p-1/t9-;/m0./s1. The predicted octanol–water partition coefficient (Wildman–Crippen LogP) is -3.86. The van der Waals surface area contributed by atoms with Crippen molar-refractivity contribution in [3.63, 3.8) is 0 Å². The number of nitrogens with one attached hydrogen (secondary N) is 1. The van der Waals surface area contributed by atoms with Crippen LogP contribution in [0.5, 0.6) is 0 Å². The van der Waals surface area contributed by atoms with Gasteiger partial charge in [0.2, 0.25) is 5.91 Å². The van der Waals surface area contributed by atoms with E-state index in [-0.39, 0.29) is 51.4 Å². The molecule has 0 heterocycles. The summed E-state index contributed by atoms with van der Waals surface area (Å²) < 4.78 is 0. The van der Waals surface area contributed by atoms with Gasteiger partial charge < -0.3 is 26.1 Å². The van der Waals surface area contributed by atoms with Crippen LogP contribution in [0.2, 0.25) is 0 Å². The molecule has 0 aromatic carbocycles. The molecule has 1 saturated carbocycles. The minimum absolute atomic E-state index is 0. The number of aliphatic carboxylic acids is 2. The molecular formula is C13H21KN2O5. The van der Waals surface area contributed by atoms with E-state index in [1.165, 1.54) is 0 Å². The van der Waals surface area contributed by atoms with Gasteiger partial charge in [0.1, 0.15) is 0 Å². The summed E-state index contributed by atoms with van der Waals surface area (Å²) >= 11 is 0. The van der Waals surface area contributed by atoms with Crippen molar-refractivity contribution < 1.29 is 76.0 Å². The molecule has 0 aromatic rings. The molecule has 1 aliphatic rings. The van der Waals surface area contributed by atoms with E-state index >= 15 is 0 Å². The first-order valence-electron chi connectivity index (χ1n) is 6.88. The quantitative estimate of drug-likeness (QED) is 0.443. The summed E-state index contributed by atoms with van der Waals surface area (Å²) in [5, 5.41) is 22.5. The van der Waals surface area contributed by atoms with E-state index in [2.05, 4.69) is 5.32 Å². The molecule has 1 aliphatic carbocycles. The maximum Gasteiger partial charge on any atom is 1.00 e. The Morgan fingerprint density at radius 2 is 1.62 bits per heavy atom.